The van der Waals surface area contributed by atoms with E-state index in [1.165, 1.54) is 17.0 Å². The normalized spacial score (nSPS) is 17.6. The van der Waals surface area contributed by atoms with E-state index in [0.717, 1.165) is 41.1 Å². The van der Waals surface area contributed by atoms with Gasteiger partial charge in [0.2, 0.25) is 11.8 Å². The molecule has 9 heteroatoms. The van der Waals surface area contributed by atoms with E-state index in [1.807, 2.05) is 38.1 Å². The van der Waals surface area contributed by atoms with Gasteiger partial charge in [-0.25, -0.2) is 12.7 Å². The van der Waals surface area contributed by atoms with Crippen LogP contribution in [-0.4, -0.2) is 54.0 Å². The Kier molecular flexibility index (Phi) is 7.78. The number of carbonyl (C=O) groups excluding carboxylic acids is 3. The van der Waals surface area contributed by atoms with E-state index in [2.05, 4.69) is 5.32 Å². The van der Waals surface area contributed by atoms with Crippen LogP contribution in [0, 0.1) is 6.92 Å². The van der Waals surface area contributed by atoms with E-state index in [9.17, 15) is 22.8 Å². The van der Waals surface area contributed by atoms with E-state index in [0.29, 0.717) is 6.42 Å². The number of nitrogens with one attached hydrogen (secondary N) is 1. The summed E-state index contributed by atoms with van der Waals surface area (Å²) in [6.45, 7) is 3.78. The van der Waals surface area contributed by atoms with Crippen molar-refractivity contribution in [1.29, 1.82) is 0 Å². The predicted octanol–water partition coefficient (Wildman–Crippen LogP) is 3.40. The third-order valence-corrected chi connectivity index (χ3v) is 8.84. The standard InChI is InChI=1S/C27H33N3O5S/c1-3-23(26(32)28-21-8-4-5-9-21)29(18-20-14-12-19(2)13-15-20)25(31)16-17-30-27(33)22-10-6-7-11-24(22)36(30,34)35/h6-7,10-15,21,23H,3-5,8-9,16-18H2,1-2H3,(H,28,32)/t23-/m1/s1. The Hall–Kier alpha value is -3.20. The summed E-state index contributed by atoms with van der Waals surface area (Å²) in [6, 6.07) is 13.2. The number of fused-ring (bicyclic) bond motifs is 1. The molecule has 192 valence electrons. The maximum Gasteiger partial charge on any atom is 0.269 e. The van der Waals surface area contributed by atoms with Crippen LogP contribution in [0.1, 0.15) is 66.9 Å². The highest BCUT2D eigenvalue weighted by atomic mass is 32.2. The zero-order valence-corrected chi connectivity index (χ0v) is 21.6. The van der Waals surface area contributed by atoms with Crippen molar-refractivity contribution in [1.82, 2.24) is 14.5 Å². The second-order valence-electron chi connectivity index (χ2n) is 9.55. The molecule has 0 spiro atoms. The fourth-order valence-corrected chi connectivity index (χ4v) is 6.54. The first-order chi connectivity index (χ1) is 17.2. The van der Waals surface area contributed by atoms with E-state index < -0.39 is 22.0 Å². The number of amides is 3. The zero-order valence-electron chi connectivity index (χ0n) is 20.8. The number of carbonyl (C=O) groups is 3. The van der Waals surface area contributed by atoms with Crippen molar-refractivity contribution >= 4 is 27.7 Å². The van der Waals surface area contributed by atoms with Crippen molar-refractivity contribution in [2.45, 2.75) is 75.9 Å². The minimum atomic E-state index is -4.00. The summed E-state index contributed by atoms with van der Waals surface area (Å²) in [5, 5.41) is 3.10. The fraction of sp³-hybridized carbons (Fsp3) is 0.444. The number of benzene rings is 2. The highest BCUT2D eigenvalue weighted by molar-refractivity contribution is 7.90. The Balaban J connectivity index is 1.53. The molecule has 1 saturated carbocycles. The lowest BCUT2D eigenvalue weighted by molar-refractivity contribution is -0.141. The van der Waals surface area contributed by atoms with Crippen LogP contribution in [0.5, 0.6) is 0 Å². The maximum atomic E-state index is 13.5. The van der Waals surface area contributed by atoms with Crippen LogP contribution in [0.2, 0.25) is 0 Å². The fourth-order valence-electron chi connectivity index (χ4n) is 4.97. The van der Waals surface area contributed by atoms with Gasteiger partial charge in [-0.05, 0) is 43.9 Å². The monoisotopic (exact) mass is 511 g/mol. The lowest BCUT2D eigenvalue weighted by Gasteiger charge is -2.32. The van der Waals surface area contributed by atoms with Gasteiger partial charge in [-0.3, -0.25) is 14.4 Å². The summed E-state index contributed by atoms with van der Waals surface area (Å²) in [7, 11) is -4.00. The maximum absolute atomic E-state index is 13.5. The molecule has 0 bridgehead atoms. The summed E-state index contributed by atoms with van der Waals surface area (Å²) in [5.74, 6) is -1.19. The van der Waals surface area contributed by atoms with Gasteiger partial charge in [0.1, 0.15) is 10.9 Å². The van der Waals surface area contributed by atoms with Gasteiger partial charge in [-0.15, -0.1) is 0 Å². The average Bonchev–Trinajstić information content (AvgIpc) is 3.43. The van der Waals surface area contributed by atoms with E-state index in [1.54, 1.807) is 12.1 Å². The van der Waals surface area contributed by atoms with Crippen LogP contribution in [0.3, 0.4) is 0 Å². The first kappa shape index (κ1) is 25.9. The number of nitrogens with zero attached hydrogens (tertiary/aromatic N) is 2. The smallest absolute Gasteiger partial charge is 0.269 e. The topological polar surface area (TPSA) is 104 Å². The molecule has 1 atom stereocenters. The number of hydrogen-bond donors (Lipinski definition) is 1. The molecule has 0 radical (unpaired) electrons. The first-order valence-electron chi connectivity index (χ1n) is 12.5. The number of sulfonamides is 1. The summed E-state index contributed by atoms with van der Waals surface area (Å²) >= 11 is 0. The van der Waals surface area contributed by atoms with E-state index >= 15 is 0 Å². The third kappa shape index (κ3) is 5.31. The lowest BCUT2D eigenvalue weighted by atomic mass is 10.1. The van der Waals surface area contributed by atoms with Crippen molar-refractivity contribution < 1.29 is 22.8 Å². The van der Waals surface area contributed by atoms with Crippen molar-refractivity contribution in [2.75, 3.05) is 6.54 Å². The van der Waals surface area contributed by atoms with Crippen LogP contribution in [0.4, 0.5) is 0 Å². The van der Waals surface area contributed by atoms with Gasteiger partial charge >= 0.3 is 0 Å². The first-order valence-corrected chi connectivity index (χ1v) is 14.0. The molecule has 4 rings (SSSR count). The molecule has 0 aromatic heterocycles. The summed E-state index contributed by atoms with van der Waals surface area (Å²) in [4.78, 5) is 41.0. The van der Waals surface area contributed by atoms with E-state index in [-0.39, 0.29) is 47.8 Å². The molecule has 36 heavy (non-hydrogen) atoms. The Morgan fingerprint density at radius 2 is 1.75 bits per heavy atom. The zero-order chi connectivity index (χ0) is 25.9. The van der Waals surface area contributed by atoms with Crippen LogP contribution in [0.25, 0.3) is 0 Å². The Bertz CT molecular complexity index is 1240. The molecule has 1 aliphatic carbocycles. The van der Waals surface area contributed by atoms with Gasteiger partial charge in [-0.1, -0.05) is 61.7 Å². The Morgan fingerprint density at radius 1 is 1.08 bits per heavy atom. The minimum absolute atomic E-state index is 0.0404. The summed E-state index contributed by atoms with van der Waals surface area (Å²) in [6.07, 6.45) is 4.23. The SMILES string of the molecule is CC[C@H](C(=O)NC1CCCC1)N(Cc1ccc(C)cc1)C(=O)CCN1C(=O)c2ccccc2S1(=O)=O. The third-order valence-electron chi connectivity index (χ3n) is 7.00. The second kappa shape index (κ2) is 10.8. The quantitative estimate of drug-likeness (QED) is 0.556. The number of hydrogen-bond acceptors (Lipinski definition) is 5. The van der Waals surface area contributed by atoms with Gasteiger partial charge in [-0.2, -0.15) is 0 Å². The average molecular weight is 512 g/mol. The molecular weight excluding hydrogens is 478 g/mol. The molecule has 8 nitrogen and oxygen atoms in total. The Labute approximate surface area is 212 Å². The molecule has 0 unspecified atom stereocenters. The molecule has 1 N–H and O–H groups in total. The number of aryl methyl sites for hydroxylation is 1. The van der Waals surface area contributed by atoms with Crippen molar-refractivity contribution in [3.8, 4) is 0 Å². The lowest BCUT2D eigenvalue weighted by Crippen LogP contribution is -2.51. The molecule has 2 aromatic rings. The van der Waals surface area contributed by atoms with Gasteiger partial charge in [0.15, 0.2) is 0 Å². The highest BCUT2D eigenvalue weighted by Crippen LogP contribution is 2.30. The molecule has 2 aromatic carbocycles. The van der Waals surface area contributed by atoms with Crippen molar-refractivity contribution in [3.05, 3.63) is 65.2 Å². The van der Waals surface area contributed by atoms with Gasteiger partial charge in [0.25, 0.3) is 15.9 Å². The molecule has 0 saturated heterocycles. The molecule has 2 aliphatic rings. The van der Waals surface area contributed by atoms with E-state index in [4.69, 9.17) is 0 Å². The second-order valence-corrected chi connectivity index (χ2v) is 11.4. The molecule has 1 aliphatic heterocycles. The highest BCUT2D eigenvalue weighted by Gasteiger charge is 2.41. The largest absolute Gasteiger partial charge is 0.352 e. The van der Waals surface area contributed by atoms with Gasteiger partial charge < -0.3 is 10.2 Å². The molecule has 1 heterocycles. The van der Waals surface area contributed by atoms with Gasteiger partial charge in [0, 0.05) is 25.6 Å². The minimum Gasteiger partial charge on any atom is -0.352 e. The predicted molar refractivity (Wildman–Crippen MR) is 135 cm³/mol. The molecule has 1 fully saturated rings. The van der Waals surface area contributed by atoms with Crippen molar-refractivity contribution in [2.24, 2.45) is 0 Å². The van der Waals surface area contributed by atoms with Crippen LogP contribution in [-0.2, 0) is 26.2 Å². The summed E-state index contributed by atoms with van der Waals surface area (Å²) < 4.78 is 26.6. The molecule has 3 amide bonds. The Morgan fingerprint density at radius 3 is 2.39 bits per heavy atom. The van der Waals surface area contributed by atoms with Crippen molar-refractivity contribution in [3.63, 3.8) is 0 Å². The summed E-state index contributed by atoms with van der Waals surface area (Å²) in [5.41, 5.74) is 2.07. The van der Waals surface area contributed by atoms with Crippen LogP contribution >= 0.6 is 0 Å². The van der Waals surface area contributed by atoms with Gasteiger partial charge in [0.05, 0.1) is 5.56 Å². The van der Waals surface area contributed by atoms with Crippen LogP contribution in [0.15, 0.2) is 53.4 Å². The number of rotatable bonds is 9. The van der Waals surface area contributed by atoms with Crippen LogP contribution < -0.4 is 5.32 Å². The molecular formula is C27H33N3O5S.